The first-order valence-electron chi connectivity index (χ1n) is 6.48. The van der Waals surface area contributed by atoms with Crippen LogP contribution in [0.3, 0.4) is 0 Å². The minimum atomic E-state index is -3.86. The second-order valence-corrected chi connectivity index (χ2v) is 6.67. The number of aromatic carboxylic acids is 1. The topological polar surface area (TPSA) is 123 Å². The Morgan fingerprint density at radius 2 is 1.87 bits per heavy atom. The minimum Gasteiger partial charge on any atom is -0.478 e. The van der Waals surface area contributed by atoms with Gasteiger partial charge in [-0.05, 0) is 29.0 Å². The molecule has 1 aromatic heterocycles. The first-order chi connectivity index (χ1) is 10.9. The number of benzene rings is 2. The number of nitrogens with two attached hydrogens (primary N) is 1. The van der Waals surface area contributed by atoms with Gasteiger partial charge < -0.3 is 10.8 Å². The Morgan fingerprint density at radius 3 is 2.57 bits per heavy atom. The van der Waals surface area contributed by atoms with E-state index in [1.165, 1.54) is 30.3 Å². The molecule has 0 radical (unpaired) electrons. The fraction of sp³-hybridized carbons (Fsp3) is 0. The molecule has 0 amide bonds. The van der Waals surface area contributed by atoms with Crippen LogP contribution in [0.15, 0.2) is 58.7 Å². The predicted octanol–water partition coefficient (Wildman–Crippen LogP) is 1.74. The minimum absolute atomic E-state index is 0.00522. The molecule has 3 aromatic rings. The van der Waals surface area contributed by atoms with Crippen LogP contribution in [0.1, 0.15) is 10.4 Å². The Balaban J connectivity index is 2.19. The van der Waals surface area contributed by atoms with E-state index in [1.807, 2.05) is 0 Å². The van der Waals surface area contributed by atoms with E-state index in [9.17, 15) is 18.3 Å². The molecule has 3 rings (SSSR count). The average molecular weight is 329 g/mol. The van der Waals surface area contributed by atoms with Gasteiger partial charge in [0.05, 0.1) is 10.5 Å². The van der Waals surface area contributed by atoms with E-state index in [-0.39, 0.29) is 21.3 Å². The van der Waals surface area contributed by atoms with Crippen molar-refractivity contribution in [1.29, 1.82) is 0 Å². The zero-order chi connectivity index (χ0) is 16.6. The van der Waals surface area contributed by atoms with E-state index in [2.05, 4.69) is 9.97 Å². The zero-order valence-electron chi connectivity index (χ0n) is 11.7. The third-order valence-electron chi connectivity index (χ3n) is 3.33. The molecule has 0 aliphatic rings. The quantitative estimate of drug-likeness (QED) is 0.701. The molecule has 0 bridgehead atoms. The summed E-state index contributed by atoms with van der Waals surface area (Å²) in [6.45, 7) is 0. The number of carboxylic acid groups (broad SMARTS) is 1. The molecule has 0 saturated carbocycles. The maximum Gasteiger partial charge on any atom is 0.336 e. The lowest BCUT2D eigenvalue weighted by atomic mass is 10.1. The van der Waals surface area contributed by atoms with E-state index in [0.29, 0.717) is 10.8 Å². The Bertz CT molecular complexity index is 1030. The van der Waals surface area contributed by atoms with Crippen molar-refractivity contribution in [2.24, 2.45) is 0 Å². The number of aromatic nitrogens is 2. The largest absolute Gasteiger partial charge is 0.478 e. The van der Waals surface area contributed by atoms with Crippen LogP contribution in [0.2, 0.25) is 0 Å². The summed E-state index contributed by atoms with van der Waals surface area (Å²) >= 11 is 0. The molecule has 116 valence electrons. The number of rotatable bonds is 3. The van der Waals surface area contributed by atoms with Gasteiger partial charge in [-0.25, -0.2) is 23.2 Å². The SMILES string of the molecule is Nc1cc(S(=O)(=O)c2ccc3c(C(=O)O)cccc3c2)ncn1. The molecular formula is C15H11N3O4S. The number of anilines is 1. The van der Waals surface area contributed by atoms with Crippen LogP contribution in [0.4, 0.5) is 5.82 Å². The Hall–Kier alpha value is -3.00. The predicted molar refractivity (Wildman–Crippen MR) is 82.8 cm³/mol. The zero-order valence-corrected chi connectivity index (χ0v) is 12.5. The highest BCUT2D eigenvalue weighted by Crippen LogP contribution is 2.26. The summed E-state index contributed by atoms with van der Waals surface area (Å²) in [4.78, 5) is 18.6. The molecule has 0 aliphatic heterocycles. The van der Waals surface area contributed by atoms with Crippen molar-refractivity contribution in [2.75, 3.05) is 5.73 Å². The smallest absolute Gasteiger partial charge is 0.336 e. The number of nitrogen functional groups attached to an aromatic ring is 1. The van der Waals surface area contributed by atoms with Gasteiger partial charge in [-0.3, -0.25) is 0 Å². The third kappa shape index (κ3) is 2.59. The summed E-state index contributed by atoms with van der Waals surface area (Å²) in [5, 5.41) is 9.93. The lowest BCUT2D eigenvalue weighted by Gasteiger charge is -2.07. The Morgan fingerprint density at radius 1 is 1.09 bits per heavy atom. The normalized spacial score (nSPS) is 11.5. The van der Waals surface area contributed by atoms with Gasteiger partial charge >= 0.3 is 5.97 Å². The van der Waals surface area contributed by atoms with Gasteiger partial charge in [0.25, 0.3) is 0 Å². The van der Waals surface area contributed by atoms with Crippen molar-refractivity contribution in [3.05, 3.63) is 54.4 Å². The number of fused-ring (bicyclic) bond motifs is 1. The molecule has 8 heteroatoms. The first-order valence-corrected chi connectivity index (χ1v) is 7.96. The number of nitrogens with zero attached hydrogens (tertiary/aromatic N) is 2. The lowest BCUT2D eigenvalue weighted by Crippen LogP contribution is -2.06. The summed E-state index contributed by atoms with van der Waals surface area (Å²) in [6, 6.07) is 10.1. The number of sulfone groups is 1. The molecular weight excluding hydrogens is 318 g/mol. The van der Waals surface area contributed by atoms with Crippen LogP contribution in [-0.2, 0) is 9.84 Å². The number of carboxylic acids is 1. The summed E-state index contributed by atoms with van der Waals surface area (Å²) < 4.78 is 25.2. The van der Waals surface area contributed by atoms with Crippen LogP contribution >= 0.6 is 0 Å². The molecule has 3 N–H and O–H groups in total. The average Bonchev–Trinajstić information content (AvgIpc) is 2.53. The highest BCUT2D eigenvalue weighted by molar-refractivity contribution is 7.91. The van der Waals surface area contributed by atoms with Crippen LogP contribution in [0.5, 0.6) is 0 Å². The van der Waals surface area contributed by atoms with E-state index < -0.39 is 15.8 Å². The van der Waals surface area contributed by atoms with Gasteiger partial charge in [-0.1, -0.05) is 18.2 Å². The highest BCUT2D eigenvalue weighted by atomic mass is 32.2. The third-order valence-corrected chi connectivity index (χ3v) is 4.98. The van der Waals surface area contributed by atoms with Crippen LogP contribution in [-0.4, -0.2) is 29.5 Å². The molecule has 0 unspecified atom stereocenters. The molecule has 7 nitrogen and oxygen atoms in total. The Labute approximate surface area is 131 Å². The van der Waals surface area contributed by atoms with Crippen molar-refractivity contribution >= 4 is 32.4 Å². The highest BCUT2D eigenvalue weighted by Gasteiger charge is 2.20. The molecule has 0 fully saturated rings. The van der Waals surface area contributed by atoms with E-state index in [4.69, 9.17) is 5.73 Å². The standard InChI is InChI=1S/C15H11N3O4S/c16-13-7-14(18-8-17-13)23(21,22)10-4-5-11-9(6-10)2-1-3-12(11)15(19)20/h1-8H,(H,19,20)(H2,16,17,18). The number of hydrogen-bond acceptors (Lipinski definition) is 6. The van der Waals surface area contributed by atoms with E-state index in [0.717, 1.165) is 6.33 Å². The molecule has 0 atom stereocenters. The molecule has 1 heterocycles. The molecule has 2 aromatic carbocycles. The summed E-state index contributed by atoms with van der Waals surface area (Å²) in [5.74, 6) is -1.03. The van der Waals surface area contributed by atoms with Crippen molar-refractivity contribution in [2.45, 2.75) is 9.92 Å². The van der Waals surface area contributed by atoms with Gasteiger partial charge in [-0.15, -0.1) is 0 Å². The first kappa shape index (κ1) is 14.9. The van der Waals surface area contributed by atoms with Gasteiger partial charge in [0.1, 0.15) is 12.1 Å². The van der Waals surface area contributed by atoms with Gasteiger partial charge in [0.2, 0.25) is 9.84 Å². The van der Waals surface area contributed by atoms with Gasteiger partial charge in [0, 0.05) is 6.07 Å². The van der Waals surface area contributed by atoms with Gasteiger partial charge in [0.15, 0.2) is 5.03 Å². The van der Waals surface area contributed by atoms with Crippen molar-refractivity contribution in [3.63, 3.8) is 0 Å². The fourth-order valence-electron chi connectivity index (χ4n) is 2.24. The number of carbonyl (C=O) groups is 1. The van der Waals surface area contributed by atoms with Crippen molar-refractivity contribution in [3.8, 4) is 0 Å². The second-order valence-electron chi connectivity index (χ2n) is 4.78. The molecule has 0 saturated heterocycles. The van der Waals surface area contributed by atoms with Crippen molar-refractivity contribution < 1.29 is 18.3 Å². The molecule has 0 spiro atoms. The Kier molecular flexibility index (Phi) is 3.45. The van der Waals surface area contributed by atoms with Crippen LogP contribution in [0.25, 0.3) is 10.8 Å². The molecule has 23 heavy (non-hydrogen) atoms. The monoisotopic (exact) mass is 329 g/mol. The van der Waals surface area contributed by atoms with E-state index >= 15 is 0 Å². The summed E-state index contributed by atoms with van der Waals surface area (Å²) in [5.41, 5.74) is 5.61. The maximum atomic E-state index is 12.6. The van der Waals surface area contributed by atoms with Crippen LogP contribution in [0, 0.1) is 0 Å². The summed E-state index contributed by atoms with van der Waals surface area (Å²) in [7, 11) is -3.86. The van der Waals surface area contributed by atoms with Crippen LogP contribution < -0.4 is 5.73 Å². The maximum absolute atomic E-state index is 12.6. The lowest BCUT2D eigenvalue weighted by molar-refractivity contribution is 0.0699. The van der Waals surface area contributed by atoms with Gasteiger partial charge in [-0.2, -0.15) is 0 Å². The second kappa shape index (κ2) is 5.33. The fourth-order valence-corrected chi connectivity index (χ4v) is 3.47. The van der Waals surface area contributed by atoms with Crippen molar-refractivity contribution in [1.82, 2.24) is 9.97 Å². The molecule has 0 aliphatic carbocycles. The summed E-state index contributed by atoms with van der Waals surface area (Å²) in [6.07, 6.45) is 1.08. The van der Waals surface area contributed by atoms with E-state index in [1.54, 1.807) is 12.1 Å². The number of hydrogen-bond donors (Lipinski definition) is 2.